The minimum Gasteiger partial charge on any atom is -0.378 e. The molecule has 1 aliphatic heterocycles. The molecule has 2 rings (SSSR count). The van der Waals surface area contributed by atoms with E-state index in [0.717, 1.165) is 19.6 Å². The quantitative estimate of drug-likeness (QED) is 0.866. The minimum atomic E-state index is 0.457. The summed E-state index contributed by atoms with van der Waals surface area (Å²) in [5.74, 6) is 0. The Hall–Kier alpha value is -0.380. The average molecular weight is 253 g/mol. The van der Waals surface area contributed by atoms with E-state index in [9.17, 15) is 0 Å². The largest absolute Gasteiger partial charge is 0.378 e. The molecule has 2 heterocycles. The maximum Gasteiger partial charge on any atom is 0.0594 e. The summed E-state index contributed by atoms with van der Waals surface area (Å²) in [6.07, 6.45) is 4.03. The third-order valence-corrected chi connectivity index (χ3v) is 4.41. The summed E-state index contributed by atoms with van der Waals surface area (Å²) in [7, 11) is 0. The second-order valence-corrected chi connectivity index (χ2v) is 6.31. The van der Waals surface area contributed by atoms with Gasteiger partial charge in [-0.05, 0) is 51.3 Å². The van der Waals surface area contributed by atoms with Crippen molar-refractivity contribution in [3.8, 4) is 0 Å². The predicted octanol–water partition coefficient (Wildman–Crippen LogP) is 3.58. The SMILES string of the molecule is CCNC(CC1CCCO1)c1cc(C)sc1C. The van der Waals surface area contributed by atoms with Crippen LogP contribution in [0.2, 0.25) is 0 Å². The van der Waals surface area contributed by atoms with E-state index in [1.54, 1.807) is 0 Å². The highest BCUT2D eigenvalue weighted by Crippen LogP contribution is 2.31. The molecule has 2 unspecified atom stereocenters. The lowest BCUT2D eigenvalue weighted by atomic mass is 9.99. The van der Waals surface area contributed by atoms with Gasteiger partial charge in [0.25, 0.3) is 0 Å². The second-order valence-electron chi connectivity index (χ2n) is 4.85. The predicted molar refractivity (Wildman–Crippen MR) is 73.8 cm³/mol. The van der Waals surface area contributed by atoms with Gasteiger partial charge >= 0.3 is 0 Å². The maximum atomic E-state index is 5.76. The summed E-state index contributed by atoms with van der Waals surface area (Å²) in [5, 5.41) is 3.61. The van der Waals surface area contributed by atoms with Gasteiger partial charge in [0.2, 0.25) is 0 Å². The summed E-state index contributed by atoms with van der Waals surface area (Å²) < 4.78 is 5.76. The molecule has 17 heavy (non-hydrogen) atoms. The summed E-state index contributed by atoms with van der Waals surface area (Å²) in [5.41, 5.74) is 1.48. The van der Waals surface area contributed by atoms with Crippen LogP contribution in [0, 0.1) is 13.8 Å². The molecule has 96 valence electrons. The number of thiophene rings is 1. The van der Waals surface area contributed by atoms with E-state index >= 15 is 0 Å². The normalized spacial score (nSPS) is 21.9. The highest BCUT2D eigenvalue weighted by molar-refractivity contribution is 7.12. The van der Waals surface area contributed by atoms with Crippen LogP contribution < -0.4 is 5.32 Å². The number of rotatable bonds is 5. The Balaban J connectivity index is 2.07. The maximum absolute atomic E-state index is 5.76. The Bertz CT molecular complexity index is 355. The van der Waals surface area contributed by atoms with Gasteiger partial charge in [-0.1, -0.05) is 6.92 Å². The van der Waals surface area contributed by atoms with Crippen LogP contribution in [0.4, 0.5) is 0 Å². The first-order valence-electron chi connectivity index (χ1n) is 6.62. The van der Waals surface area contributed by atoms with E-state index in [2.05, 4.69) is 32.2 Å². The van der Waals surface area contributed by atoms with Crippen LogP contribution in [0.25, 0.3) is 0 Å². The van der Waals surface area contributed by atoms with E-state index in [-0.39, 0.29) is 0 Å². The first-order chi connectivity index (χ1) is 8.20. The number of nitrogens with one attached hydrogen (secondary N) is 1. The van der Waals surface area contributed by atoms with Crippen LogP contribution in [0.3, 0.4) is 0 Å². The Morgan fingerprint density at radius 1 is 1.53 bits per heavy atom. The van der Waals surface area contributed by atoms with Gasteiger partial charge in [0.15, 0.2) is 0 Å². The average Bonchev–Trinajstić information content (AvgIpc) is 2.88. The number of aryl methyl sites for hydroxylation is 2. The van der Waals surface area contributed by atoms with Crippen LogP contribution in [-0.2, 0) is 4.74 Å². The van der Waals surface area contributed by atoms with Crippen LogP contribution in [-0.4, -0.2) is 19.3 Å². The van der Waals surface area contributed by atoms with Crippen molar-refractivity contribution in [2.24, 2.45) is 0 Å². The lowest BCUT2D eigenvalue weighted by molar-refractivity contribution is 0.0947. The molecule has 0 bridgehead atoms. The summed E-state index contributed by atoms with van der Waals surface area (Å²) in [6.45, 7) is 8.57. The molecule has 3 heteroatoms. The molecule has 0 aliphatic carbocycles. The van der Waals surface area contributed by atoms with Crippen LogP contribution in [0.15, 0.2) is 6.07 Å². The fourth-order valence-corrected chi connectivity index (χ4v) is 3.64. The lowest BCUT2D eigenvalue weighted by Crippen LogP contribution is -2.25. The van der Waals surface area contributed by atoms with Crippen molar-refractivity contribution in [3.63, 3.8) is 0 Å². The van der Waals surface area contributed by atoms with E-state index in [4.69, 9.17) is 4.74 Å². The standard InChI is InChI=1S/C14H23NOS/c1-4-15-14(9-12-6-5-7-16-12)13-8-10(2)17-11(13)3/h8,12,14-15H,4-7,9H2,1-3H3. The third-order valence-electron chi connectivity index (χ3n) is 3.43. The van der Waals surface area contributed by atoms with Crippen LogP contribution >= 0.6 is 11.3 Å². The summed E-state index contributed by atoms with van der Waals surface area (Å²) >= 11 is 1.90. The number of ether oxygens (including phenoxy) is 1. The van der Waals surface area contributed by atoms with Gasteiger partial charge in [0, 0.05) is 22.4 Å². The van der Waals surface area contributed by atoms with Crippen molar-refractivity contribution in [1.82, 2.24) is 5.32 Å². The zero-order chi connectivity index (χ0) is 12.3. The molecule has 2 atom stereocenters. The molecule has 2 nitrogen and oxygen atoms in total. The molecule has 1 aromatic rings. The topological polar surface area (TPSA) is 21.3 Å². The van der Waals surface area contributed by atoms with Crippen molar-refractivity contribution < 1.29 is 4.74 Å². The smallest absolute Gasteiger partial charge is 0.0594 e. The fourth-order valence-electron chi connectivity index (χ4n) is 2.66. The van der Waals surface area contributed by atoms with Gasteiger partial charge in [-0.2, -0.15) is 0 Å². The Labute approximate surface area is 108 Å². The molecule has 0 aromatic carbocycles. The molecule has 1 saturated heterocycles. The Kier molecular flexibility index (Phi) is 4.60. The monoisotopic (exact) mass is 253 g/mol. The van der Waals surface area contributed by atoms with Gasteiger partial charge in [0.1, 0.15) is 0 Å². The molecule has 1 aromatic heterocycles. The van der Waals surface area contributed by atoms with Crippen LogP contribution in [0.1, 0.15) is 47.5 Å². The van der Waals surface area contributed by atoms with Crippen molar-refractivity contribution in [2.45, 2.75) is 52.2 Å². The molecular formula is C14H23NOS. The molecular weight excluding hydrogens is 230 g/mol. The Morgan fingerprint density at radius 2 is 2.35 bits per heavy atom. The molecule has 0 spiro atoms. The summed E-state index contributed by atoms with van der Waals surface area (Å²) in [6, 6.07) is 2.80. The van der Waals surface area contributed by atoms with E-state index in [1.807, 2.05) is 11.3 Å². The molecule has 0 saturated carbocycles. The lowest BCUT2D eigenvalue weighted by Gasteiger charge is -2.21. The van der Waals surface area contributed by atoms with Gasteiger partial charge < -0.3 is 10.1 Å². The van der Waals surface area contributed by atoms with Gasteiger partial charge in [0.05, 0.1) is 6.10 Å². The zero-order valence-electron chi connectivity index (χ0n) is 11.1. The first kappa shape index (κ1) is 13.1. The van der Waals surface area contributed by atoms with E-state index in [0.29, 0.717) is 12.1 Å². The molecule has 1 N–H and O–H groups in total. The molecule has 0 radical (unpaired) electrons. The highest BCUT2D eigenvalue weighted by atomic mass is 32.1. The number of hydrogen-bond donors (Lipinski definition) is 1. The van der Waals surface area contributed by atoms with E-state index < -0.39 is 0 Å². The van der Waals surface area contributed by atoms with Gasteiger partial charge in [-0.15, -0.1) is 11.3 Å². The first-order valence-corrected chi connectivity index (χ1v) is 7.44. The number of hydrogen-bond acceptors (Lipinski definition) is 3. The minimum absolute atomic E-state index is 0.457. The van der Waals surface area contributed by atoms with Gasteiger partial charge in [-0.3, -0.25) is 0 Å². The Morgan fingerprint density at radius 3 is 2.88 bits per heavy atom. The fraction of sp³-hybridized carbons (Fsp3) is 0.714. The van der Waals surface area contributed by atoms with Crippen molar-refractivity contribution in [2.75, 3.05) is 13.2 Å². The van der Waals surface area contributed by atoms with Crippen LogP contribution in [0.5, 0.6) is 0 Å². The van der Waals surface area contributed by atoms with Crippen molar-refractivity contribution in [1.29, 1.82) is 0 Å². The molecule has 1 aliphatic rings. The molecule has 0 amide bonds. The van der Waals surface area contributed by atoms with Crippen molar-refractivity contribution >= 4 is 11.3 Å². The summed E-state index contributed by atoms with van der Waals surface area (Å²) in [4.78, 5) is 2.86. The van der Waals surface area contributed by atoms with E-state index in [1.165, 1.54) is 28.2 Å². The third kappa shape index (κ3) is 3.30. The highest BCUT2D eigenvalue weighted by Gasteiger charge is 2.23. The van der Waals surface area contributed by atoms with Gasteiger partial charge in [-0.25, -0.2) is 0 Å². The zero-order valence-corrected chi connectivity index (χ0v) is 11.9. The second kappa shape index (κ2) is 5.98. The molecule has 1 fully saturated rings. The van der Waals surface area contributed by atoms with Crippen molar-refractivity contribution in [3.05, 3.63) is 21.4 Å².